The van der Waals surface area contributed by atoms with Crippen molar-refractivity contribution in [1.29, 1.82) is 0 Å². The molecule has 0 saturated heterocycles. The molecule has 0 N–H and O–H groups in total. The van der Waals surface area contributed by atoms with Crippen LogP contribution in [0.2, 0.25) is 6.04 Å². The monoisotopic (exact) mass is 332 g/mol. The topological polar surface area (TPSA) is 18.5 Å². The second-order valence-corrected chi connectivity index (χ2v) is 8.34. The van der Waals surface area contributed by atoms with E-state index in [0.717, 1.165) is 16.7 Å². The molecule has 0 fully saturated rings. The van der Waals surface area contributed by atoms with Crippen molar-refractivity contribution in [2.75, 3.05) is 0 Å². The highest BCUT2D eigenvalue weighted by atomic mass is 28.4. The van der Waals surface area contributed by atoms with Gasteiger partial charge in [-0.2, -0.15) is 0 Å². The molecule has 120 valence electrons. The minimum absolute atomic E-state index is 0.654. The minimum atomic E-state index is -2.77. The molecule has 0 heterocycles. The first-order chi connectivity index (χ1) is 11.8. The van der Waals surface area contributed by atoms with Gasteiger partial charge in [0.05, 0.1) is 0 Å². The van der Waals surface area contributed by atoms with Crippen LogP contribution in [0, 0.1) is 0 Å². The molecule has 0 aromatic heterocycles. The van der Waals surface area contributed by atoms with Crippen molar-refractivity contribution in [3.63, 3.8) is 0 Å². The van der Waals surface area contributed by atoms with E-state index < -0.39 is 8.56 Å². The van der Waals surface area contributed by atoms with Crippen molar-refractivity contribution in [3.8, 4) is 11.5 Å². The van der Waals surface area contributed by atoms with Crippen LogP contribution < -0.4 is 14.0 Å². The van der Waals surface area contributed by atoms with Crippen LogP contribution in [0.5, 0.6) is 11.5 Å². The second kappa shape index (κ2) is 7.66. The molecule has 2 nitrogen and oxygen atoms in total. The van der Waals surface area contributed by atoms with Gasteiger partial charge in [0.15, 0.2) is 0 Å². The zero-order valence-electron chi connectivity index (χ0n) is 13.5. The molecule has 24 heavy (non-hydrogen) atoms. The average Bonchev–Trinajstić information content (AvgIpc) is 2.64. The van der Waals surface area contributed by atoms with Crippen LogP contribution in [0.1, 0.15) is 0 Å². The van der Waals surface area contributed by atoms with Gasteiger partial charge in [0, 0.05) is 11.2 Å². The van der Waals surface area contributed by atoms with Gasteiger partial charge in [-0.25, -0.2) is 0 Å². The van der Waals surface area contributed by atoms with Crippen LogP contribution in [0.4, 0.5) is 0 Å². The molecule has 0 aliphatic heterocycles. The summed E-state index contributed by atoms with van der Waals surface area (Å²) in [6.07, 6.45) is 1.88. The number of allylic oxidation sites excluding steroid dienone is 1. The lowest BCUT2D eigenvalue weighted by molar-refractivity contribution is 0.403. The summed E-state index contributed by atoms with van der Waals surface area (Å²) >= 11 is 0. The summed E-state index contributed by atoms with van der Waals surface area (Å²) in [5.74, 6) is 1.62. The fourth-order valence-electron chi connectivity index (χ4n) is 2.58. The Kier molecular flexibility index (Phi) is 5.14. The van der Waals surface area contributed by atoms with E-state index in [1.807, 2.05) is 84.9 Å². The van der Waals surface area contributed by atoms with Crippen molar-refractivity contribution in [2.45, 2.75) is 6.04 Å². The van der Waals surface area contributed by atoms with E-state index in [-0.39, 0.29) is 0 Å². The molecular formula is C21H20O2Si. The summed E-state index contributed by atoms with van der Waals surface area (Å²) in [5.41, 5.74) is 0. The van der Waals surface area contributed by atoms with E-state index in [4.69, 9.17) is 8.85 Å². The molecule has 3 rings (SSSR count). The van der Waals surface area contributed by atoms with E-state index in [2.05, 4.69) is 18.7 Å². The van der Waals surface area contributed by atoms with Crippen LogP contribution in [-0.2, 0) is 0 Å². The molecule has 0 aliphatic rings. The number of para-hydroxylation sites is 2. The predicted molar refractivity (Wildman–Crippen MR) is 101 cm³/mol. The number of rotatable bonds is 7. The molecule has 0 unspecified atom stereocenters. The lowest BCUT2D eigenvalue weighted by Crippen LogP contribution is -2.59. The van der Waals surface area contributed by atoms with E-state index >= 15 is 0 Å². The standard InChI is InChI=1S/C21H20O2Si/c1-2-18-24(21-16-10-5-11-17-21,22-19-12-6-3-7-13-19)23-20-14-8-4-9-15-20/h2-17H,1,18H2. The van der Waals surface area contributed by atoms with Gasteiger partial charge in [0.2, 0.25) is 0 Å². The Morgan fingerprint density at radius 2 is 1.08 bits per heavy atom. The highest BCUT2D eigenvalue weighted by Crippen LogP contribution is 2.23. The van der Waals surface area contributed by atoms with Crippen molar-refractivity contribution >= 4 is 13.7 Å². The zero-order valence-corrected chi connectivity index (χ0v) is 14.5. The molecule has 3 aromatic carbocycles. The summed E-state index contributed by atoms with van der Waals surface area (Å²) < 4.78 is 13.0. The summed E-state index contributed by atoms with van der Waals surface area (Å²) in [5, 5.41) is 1.08. The van der Waals surface area contributed by atoms with Crippen LogP contribution in [-0.4, -0.2) is 8.56 Å². The quantitative estimate of drug-likeness (QED) is 0.462. The Bertz CT molecular complexity index is 716. The van der Waals surface area contributed by atoms with E-state index in [0.29, 0.717) is 6.04 Å². The van der Waals surface area contributed by atoms with E-state index in [1.54, 1.807) is 0 Å². The van der Waals surface area contributed by atoms with Crippen LogP contribution in [0.3, 0.4) is 0 Å². The van der Waals surface area contributed by atoms with Crippen LogP contribution in [0.25, 0.3) is 0 Å². The van der Waals surface area contributed by atoms with Gasteiger partial charge in [-0.1, -0.05) is 72.8 Å². The molecule has 0 atom stereocenters. The van der Waals surface area contributed by atoms with Gasteiger partial charge in [0.25, 0.3) is 0 Å². The normalized spacial score (nSPS) is 10.8. The van der Waals surface area contributed by atoms with Crippen molar-refractivity contribution in [2.24, 2.45) is 0 Å². The van der Waals surface area contributed by atoms with Crippen molar-refractivity contribution < 1.29 is 8.85 Å². The SMILES string of the molecule is C=CC[Si](Oc1ccccc1)(Oc1ccccc1)c1ccccc1. The number of benzene rings is 3. The molecule has 0 aliphatic carbocycles. The molecule has 0 radical (unpaired) electrons. The van der Waals surface area contributed by atoms with Crippen LogP contribution >= 0.6 is 0 Å². The van der Waals surface area contributed by atoms with Gasteiger partial charge in [-0.05, 0) is 24.3 Å². The first kappa shape index (κ1) is 16.1. The molecular weight excluding hydrogens is 312 g/mol. The summed E-state index contributed by atoms with van der Waals surface area (Å²) in [4.78, 5) is 0. The lowest BCUT2D eigenvalue weighted by atomic mass is 10.3. The first-order valence-electron chi connectivity index (χ1n) is 7.97. The van der Waals surface area contributed by atoms with E-state index in [1.165, 1.54) is 0 Å². The minimum Gasteiger partial charge on any atom is -0.509 e. The summed E-state index contributed by atoms with van der Waals surface area (Å²) in [6.45, 7) is 3.93. The largest absolute Gasteiger partial charge is 0.509 e. The smallest absolute Gasteiger partial charge is 0.499 e. The highest BCUT2D eigenvalue weighted by molar-refractivity contribution is 6.82. The van der Waals surface area contributed by atoms with Gasteiger partial charge in [-0.3, -0.25) is 0 Å². The van der Waals surface area contributed by atoms with Crippen LogP contribution in [0.15, 0.2) is 104 Å². The van der Waals surface area contributed by atoms with Crippen molar-refractivity contribution in [1.82, 2.24) is 0 Å². The van der Waals surface area contributed by atoms with Crippen molar-refractivity contribution in [3.05, 3.63) is 104 Å². The Hall–Kier alpha value is -2.78. The van der Waals surface area contributed by atoms with Gasteiger partial charge >= 0.3 is 8.56 Å². The first-order valence-corrected chi connectivity index (χ1v) is 9.99. The summed E-state index contributed by atoms with van der Waals surface area (Å²) in [6, 6.07) is 30.5. The maximum Gasteiger partial charge on any atom is 0.499 e. The molecule has 3 aromatic rings. The molecule has 0 amide bonds. The van der Waals surface area contributed by atoms with E-state index in [9.17, 15) is 0 Å². The maximum absolute atomic E-state index is 6.48. The van der Waals surface area contributed by atoms with Gasteiger partial charge < -0.3 is 8.85 Å². The third-order valence-corrected chi connectivity index (χ3v) is 6.85. The fourth-order valence-corrected chi connectivity index (χ4v) is 5.37. The Morgan fingerprint density at radius 1 is 0.667 bits per heavy atom. The zero-order chi connectivity index (χ0) is 16.7. The third kappa shape index (κ3) is 3.75. The Morgan fingerprint density at radius 3 is 1.50 bits per heavy atom. The number of hydrogen-bond acceptors (Lipinski definition) is 2. The molecule has 3 heteroatoms. The van der Waals surface area contributed by atoms with Gasteiger partial charge in [0.1, 0.15) is 11.5 Å². The Labute approximate surface area is 144 Å². The maximum atomic E-state index is 6.48. The fraction of sp³-hybridized carbons (Fsp3) is 0.0476. The molecule has 0 bridgehead atoms. The Balaban J connectivity index is 2.04. The third-order valence-electron chi connectivity index (χ3n) is 3.68. The summed E-state index contributed by atoms with van der Waals surface area (Å²) in [7, 11) is -2.77. The number of hydrogen-bond donors (Lipinski definition) is 0. The average molecular weight is 332 g/mol. The predicted octanol–water partition coefficient (Wildman–Crippen LogP) is 4.68. The molecule has 0 saturated carbocycles. The second-order valence-electron chi connectivity index (χ2n) is 5.44. The lowest BCUT2D eigenvalue weighted by Gasteiger charge is -2.31. The van der Waals surface area contributed by atoms with Gasteiger partial charge in [-0.15, -0.1) is 6.58 Å². The molecule has 0 spiro atoms. The highest BCUT2D eigenvalue weighted by Gasteiger charge is 2.43.